The van der Waals surface area contributed by atoms with Crippen LogP contribution in [0.2, 0.25) is 5.02 Å². The fourth-order valence-electron chi connectivity index (χ4n) is 3.50. The van der Waals surface area contributed by atoms with Gasteiger partial charge in [0.1, 0.15) is 42.9 Å². The van der Waals surface area contributed by atoms with E-state index in [1.165, 1.54) is 43.5 Å². The van der Waals surface area contributed by atoms with E-state index in [0.717, 1.165) is 6.07 Å². The summed E-state index contributed by atoms with van der Waals surface area (Å²) >= 11 is 6.08. The first kappa shape index (κ1) is 24.8. The molecule has 0 aliphatic carbocycles. The summed E-state index contributed by atoms with van der Waals surface area (Å²) in [4.78, 5) is 0. The monoisotopic (exact) mass is 474 g/mol. The van der Waals surface area contributed by atoms with Gasteiger partial charge in [-0.3, -0.25) is 0 Å². The largest absolute Gasteiger partial charge is 0.491 e. The van der Waals surface area contributed by atoms with Crippen LogP contribution in [0.25, 0.3) is 0 Å². The number of ether oxygens (including phenoxy) is 3. The standard InChI is InChI=1S/C22H25ClF2O7/c1-30-8-9-31-14-5-3-13(4-6-14)22(24,25)15-10-12(2-7-16(15)23)21-20(29)19(28)18(27)17(11-26)32-21/h2-7,10,17-21,26-29H,8-9,11H2,1H3/t17-,18-,19+,20-,21+/m1/s1. The fourth-order valence-corrected chi connectivity index (χ4v) is 3.73. The molecule has 2 aromatic carbocycles. The molecule has 0 saturated carbocycles. The first-order valence-corrected chi connectivity index (χ1v) is 10.3. The second-order valence-corrected chi connectivity index (χ2v) is 7.84. The van der Waals surface area contributed by atoms with E-state index in [4.69, 9.17) is 25.8 Å². The quantitative estimate of drug-likeness (QED) is 0.433. The molecule has 32 heavy (non-hydrogen) atoms. The van der Waals surface area contributed by atoms with Gasteiger partial charge in [0.2, 0.25) is 0 Å². The third-order valence-corrected chi connectivity index (χ3v) is 5.65. The lowest BCUT2D eigenvalue weighted by molar-refractivity contribution is -0.231. The molecular weight excluding hydrogens is 450 g/mol. The van der Waals surface area contributed by atoms with Crippen molar-refractivity contribution in [2.45, 2.75) is 36.4 Å². The zero-order chi connectivity index (χ0) is 23.5. The second kappa shape index (κ2) is 10.4. The second-order valence-electron chi connectivity index (χ2n) is 7.43. The van der Waals surface area contributed by atoms with E-state index in [1.54, 1.807) is 0 Å². The number of aliphatic hydroxyl groups is 4. The number of aliphatic hydroxyl groups excluding tert-OH is 4. The van der Waals surface area contributed by atoms with E-state index in [9.17, 15) is 20.4 Å². The van der Waals surface area contributed by atoms with Crippen LogP contribution in [0.4, 0.5) is 8.78 Å². The first-order valence-electron chi connectivity index (χ1n) is 9.91. The highest BCUT2D eigenvalue weighted by Crippen LogP contribution is 2.42. The molecule has 0 aromatic heterocycles. The minimum atomic E-state index is -3.49. The van der Waals surface area contributed by atoms with Crippen LogP contribution < -0.4 is 4.74 Å². The molecule has 0 bridgehead atoms. The third-order valence-electron chi connectivity index (χ3n) is 5.32. The maximum atomic E-state index is 15.3. The van der Waals surface area contributed by atoms with Crippen LogP contribution in [-0.4, -0.2) is 71.8 Å². The van der Waals surface area contributed by atoms with Gasteiger partial charge in [-0.1, -0.05) is 17.7 Å². The predicted molar refractivity (Wildman–Crippen MR) is 111 cm³/mol. The summed E-state index contributed by atoms with van der Waals surface area (Å²) in [6.45, 7) is 0.00826. The Morgan fingerprint density at radius 2 is 1.69 bits per heavy atom. The first-order chi connectivity index (χ1) is 15.2. The lowest BCUT2D eigenvalue weighted by Crippen LogP contribution is -2.55. The van der Waals surface area contributed by atoms with Crippen LogP contribution in [0, 0.1) is 0 Å². The van der Waals surface area contributed by atoms with Gasteiger partial charge in [0.25, 0.3) is 5.92 Å². The minimum Gasteiger partial charge on any atom is -0.491 e. The van der Waals surface area contributed by atoms with Gasteiger partial charge in [-0.05, 0) is 42.0 Å². The average Bonchev–Trinajstić information content (AvgIpc) is 2.79. The van der Waals surface area contributed by atoms with E-state index < -0.39 is 48.6 Å². The molecule has 4 N–H and O–H groups in total. The maximum Gasteiger partial charge on any atom is 0.299 e. The van der Waals surface area contributed by atoms with Crippen molar-refractivity contribution in [3.05, 3.63) is 64.2 Å². The number of methoxy groups -OCH3 is 1. The minimum absolute atomic E-state index is 0.112. The average molecular weight is 475 g/mol. The highest BCUT2D eigenvalue weighted by molar-refractivity contribution is 6.31. The molecule has 1 saturated heterocycles. The summed E-state index contributed by atoms with van der Waals surface area (Å²) in [6.07, 6.45) is -7.20. The van der Waals surface area contributed by atoms with Crippen molar-refractivity contribution in [3.8, 4) is 5.75 Å². The normalized spacial score (nSPS) is 26.2. The van der Waals surface area contributed by atoms with Crippen molar-refractivity contribution in [2.75, 3.05) is 26.9 Å². The number of alkyl halides is 2. The summed E-state index contributed by atoms with van der Waals surface area (Å²) in [5.41, 5.74) is -0.744. The van der Waals surface area contributed by atoms with Gasteiger partial charge in [0.15, 0.2) is 0 Å². The summed E-state index contributed by atoms with van der Waals surface area (Å²) in [6, 6.07) is 8.96. The number of hydrogen-bond acceptors (Lipinski definition) is 7. The van der Waals surface area contributed by atoms with Crippen LogP contribution in [-0.2, 0) is 15.4 Å². The van der Waals surface area contributed by atoms with Gasteiger partial charge >= 0.3 is 0 Å². The molecule has 0 amide bonds. The number of halogens is 3. The molecule has 3 rings (SSSR count). The Morgan fingerprint density at radius 1 is 1.00 bits per heavy atom. The van der Waals surface area contributed by atoms with Crippen molar-refractivity contribution in [3.63, 3.8) is 0 Å². The van der Waals surface area contributed by atoms with E-state index in [-0.39, 0.29) is 22.8 Å². The van der Waals surface area contributed by atoms with Gasteiger partial charge in [0, 0.05) is 18.2 Å². The summed E-state index contributed by atoms with van der Waals surface area (Å²) in [5, 5.41) is 39.4. The van der Waals surface area contributed by atoms with Crippen LogP contribution in [0.1, 0.15) is 22.8 Å². The molecule has 1 aliphatic heterocycles. The van der Waals surface area contributed by atoms with Crippen molar-refractivity contribution in [2.24, 2.45) is 0 Å². The smallest absolute Gasteiger partial charge is 0.299 e. The lowest BCUT2D eigenvalue weighted by Gasteiger charge is -2.40. The van der Waals surface area contributed by atoms with Crippen LogP contribution in [0.3, 0.4) is 0 Å². The Kier molecular flexibility index (Phi) is 8.05. The van der Waals surface area contributed by atoms with E-state index in [2.05, 4.69) is 0 Å². The topological polar surface area (TPSA) is 109 Å². The van der Waals surface area contributed by atoms with Gasteiger partial charge in [-0.2, -0.15) is 8.78 Å². The number of hydrogen-bond donors (Lipinski definition) is 4. The molecule has 0 radical (unpaired) electrons. The zero-order valence-corrected chi connectivity index (χ0v) is 18.0. The molecule has 7 nitrogen and oxygen atoms in total. The van der Waals surface area contributed by atoms with Crippen LogP contribution >= 0.6 is 11.6 Å². The molecule has 0 unspecified atom stereocenters. The SMILES string of the molecule is COCCOc1ccc(C(F)(F)c2cc([C@@H]3O[C@H](CO)[C@@H](O)[C@H](O)[C@H]3O)ccc2Cl)cc1. The lowest BCUT2D eigenvalue weighted by atomic mass is 9.89. The third kappa shape index (κ3) is 5.04. The molecule has 176 valence electrons. The van der Waals surface area contributed by atoms with Gasteiger partial charge in [-0.25, -0.2) is 0 Å². The summed E-state index contributed by atoms with van der Waals surface area (Å²) in [5.74, 6) is -3.09. The Bertz CT molecular complexity index is 894. The highest BCUT2D eigenvalue weighted by atomic mass is 35.5. The van der Waals surface area contributed by atoms with Crippen molar-refractivity contribution >= 4 is 11.6 Å². The van der Waals surface area contributed by atoms with Gasteiger partial charge in [0.05, 0.1) is 18.2 Å². The summed E-state index contributed by atoms with van der Waals surface area (Å²) in [7, 11) is 1.52. The molecule has 1 heterocycles. The van der Waals surface area contributed by atoms with Gasteiger partial charge in [-0.15, -0.1) is 0 Å². The number of rotatable bonds is 8. The van der Waals surface area contributed by atoms with Crippen LogP contribution in [0.5, 0.6) is 5.75 Å². The molecule has 1 aliphatic rings. The Hall–Kier alpha value is -1.85. The Balaban J connectivity index is 1.89. The molecule has 0 spiro atoms. The maximum absolute atomic E-state index is 15.3. The molecule has 1 fully saturated rings. The number of benzene rings is 2. The van der Waals surface area contributed by atoms with Crippen molar-refractivity contribution in [1.29, 1.82) is 0 Å². The van der Waals surface area contributed by atoms with E-state index >= 15 is 8.78 Å². The molecule has 10 heteroatoms. The van der Waals surface area contributed by atoms with Gasteiger partial charge < -0.3 is 34.6 Å². The Labute approximate surface area is 188 Å². The molecule has 2 aromatic rings. The van der Waals surface area contributed by atoms with Crippen molar-refractivity contribution in [1.82, 2.24) is 0 Å². The Morgan fingerprint density at radius 3 is 2.31 bits per heavy atom. The highest BCUT2D eigenvalue weighted by Gasteiger charge is 2.45. The fraction of sp³-hybridized carbons (Fsp3) is 0.455. The summed E-state index contributed by atoms with van der Waals surface area (Å²) < 4.78 is 46.4. The van der Waals surface area contributed by atoms with Crippen LogP contribution in [0.15, 0.2) is 42.5 Å². The zero-order valence-electron chi connectivity index (χ0n) is 17.2. The van der Waals surface area contributed by atoms with E-state index in [1.807, 2.05) is 0 Å². The molecular formula is C22H25ClF2O7. The van der Waals surface area contributed by atoms with Crippen molar-refractivity contribution < 1.29 is 43.4 Å². The molecule has 5 atom stereocenters. The van der Waals surface area contributed by atoms with E-state index in [0.29, 0.717) is 12.4 Å². The predicted octanol–water partition coefficient (Wildman–Crippen LogP) is 2.02.